The minimum atomic E-state index is 0.552. The maximum Gasteiger partial charge on any atom is 0.292 e. The summed E-state index contributed by atoms with van der Waals surface area (Å²) >= 11 is 6.66. The molecular formula is C12H9Br2N2O+. The van der Waals surface area contributed by atoms with Crippen LogP contribution in [0, 0.1) is 4.91 Å². The second-order valence-electron chi connectivity index (χ2n) is 3.39. The van der Waals surface area contributed by atoms with Gasteiger partial charge in [-0.25, -0.2) is 0 Å². The van der Waals surface area contributed by atoms with Gasteiger partial charge in [0.25, 0.3) is 5.69 Å². The number of anilines is 1. The normalized spacial score (nSPS) is 10.0. The molecule has 0 bridgehead atoms. The Kier molecular flexibility index (Phi) is 3.91. The predicted molar refractivity (Wildman–Crippen MR) is 75.2 cm³/mol. The zero-order valence-corrected chi connectivity index (χ0v) is 11.9. The number of hydrogen-bond acceptors (Lipinski definition) is 1. The van der Waals surface area contributed by atoms with Crippen LogP contribution in [0.2, 0.25) is 0 Å². The summed E-state index contributed by atoms with van der Waals surface area (Å²) in [5.41, 5.74) is 4.04. The zero-order chi connectivity index (χ0) is 12.3. The fourth-order valence-corrected chi connectivity index (χ4v) is 1.81. The van der Waals surface area contributed by atoms with Crippen molar-refractivity contribution in [1.29, 1.82) is 0 Å². The lowest BCUT2D eigenvalue weighted by Gasteiger charge is -1.97. The maximum atomic E-state index is 11.8. The Hall–Kier alpha value is -1.20. The highest BCUT2D eigenvalue weighted by atomic mass is 79.9. The number of hydrogen-bond donors (Lipinski definition) is 1. The van der Waals surface area contributed by atoms with Crippen molar-refractivity contribution in [2.24, 2.45) is 0 Å². The number of nitrogens with zero attached hydrogens (tertiary/aromatic N) is 1. The predicted octanol–water partition coefficient (Wildman–Crippen LogP) is 4.65. The van der Waals surface area contributed by atoms with Crippen molar-refractivity contribution in [3.05, 3.63) is 62.4 Å². The van der Waals surface area contributed by atoms with Crippen molar-refractivity contribution >= 4 is 43.2 Å². The first kappa shape index (κ1) is 12.3. The molecule has 0 spiro atoms. The Balaban J connectivity index is 2.11. The summed E-state index contributed by atoms with van der Waals surface area (Å²) in [7, 11) is 0. The van der Waals surface area contributed by atoms with Gasteiger partial charge >= 0.3 is 0 Å². The van der Waals surface area contributed by atoms with Crippen LogP contribution >= 0.6 is 31.9 Å². The van der Waals surface area contributed by atoms with Gasteiger partial charge in [0.2, 0.25) is 0 Å². The monoisotopic (exact) mass is 355 g/mol. The van der Waals surface area contributed by atoms with Crippen molar-refractivity contribution < 1.29 is 4.87 Å². The molecule has 0 aliphatic heterocycles. The molecule has 5 heteroatoms. The quantitative estimate of drug-likeness (QED) is 0.641. The van der Waals surface area contributed by atoms with E-state index in [-0.39, 0.29) is 0 Å². The molecule has 0 amide bonds. The molecule has 2 rings (SSSR count). The molecule has 0 atom stereocenters. The third-order valence-electron chi connectivity index (χ3n) is 2.14. The summed E-state index contributed by atoms with van der Waals surface area (Å²) in [5, 5.41) is 0. The lowest BCUT2D eigenvalue weighted by atomic mass is 10.3. The van der Waals surface area contributed by atoms with Crippen molar-refractivity contribution in [2.45, 2.75) is 0 Å². The van der Waals surface area contributed by atoms with Crippen LogP contribution in [0.1, 0.15) is 0 Å². The summed E-state index contributed by atoms with van der Waals surface area (Å²) in [6, 6.07) is 14.5. The summed E-state index contributed by atoms with van der Waals surface area (Å²) in [6.45, 7) is 0. The van der Waals surface area contributed by atoms with Gasteiger partial charge in [0, 0.05) is 21.1 Å². The lowest BCUT2D eigenvalue weighted by Crippen LogP contribution is -2.09. The van der Waals surface area contributed by atoms with Crippen LogP contribution in [0.3, 0.4) is 0 Å². The lowest BCUT2D eigenvalue weighted by molar-refractivity contribution is -0.427. The Morgan fingerprint density at radius 2 is 1.29 bits per heavy atom. The SMILES string of the molecule is O=[N+](Nc1ccc(Br)cc1)c1ccc(Br)cc1. The molecule has 2 aromatic carbocycles. The van der Waals surface area contributed by atoms with Crippen LogP contribution in [0.4, 0.5) is 11.4 Å². The zero-order valence-electron chi connectivity index (χ0n) is 8.73. The summed E-state index contributed by atoms with van der Waals surface area (Å²) in [6.07, 6.45) is 0. The summed E-state index contributed by atoms with van der Waals surface area (Å²) < 4.78 is 1.92. The molecule has 0 saturated carbocycles. The minimum absolute atomic E-state index is 0.552. The van der Waals surface area contributed by atoms with Gasteiger partial charge in [0.15, 0.2) is 4.87 Å². The van der Waals surface area contributed by atoms with E-state index in [0.29, 0.717) is 5.69 Å². The highest BCUT2D eigenvalue weighted by Gasteiger charge is 2.13. The molecule has 86 valence electrons. The van der Waals surface area contributed by atoms with Gasteiger partial charge in [-0.3, -0.25) is 0 Å². The number of benzene rings is 2. The summed E-state index contributed by atoms with van der Waals surface area (Å²) in [4.78, 5) is 12.5. The molecule has 0 saturated heterocycles. The molecule has 0 radical (unpaired) electrons. The van der Waals surface area contributed by atoms with Crippen molar-refractivity contribution in [3.63, 3.8) is 0 Å². The van der Waals surface area contributed by atoms with E-state index in [0.717, 1.165) is 19.5 Å². The van der Waals surface area contributed by atoms with Gasteiger partial charge in [-0.1, -0.05) is 31.9 Å². The molecule has 2 aromatic rings. The van der Waals surface area contributed by atoms with E-state index in [1.165, 1.54) is 0 Å². The van der Waals surface area contributed by atoms with Gasteiger partial charge in [-0.2, -0.15) is 0 Å². The summed E-state index contributed by atoms with van der Waals surface area (Å²) in [5.74, 6) is 0. The standard InChI is InChI=1S/C12H9Br2N2O/c13-9-1-5-11(6-2-9)15-16(17)12-7-3-10(14)4-8-12/h1-8H,(H,15,17)/q+1. The molecule has 0 fully saturated rings. The minimum Gasteiger partial charge on any atom is -0.114 e. The molecule has 1 N–H and O–H groups in total. The van der Waals surface area contributed by atoms with Gasteiger partial charge < -0.3 is 0 Å². The van der Waals surface area contributed by atoms with E-state index >= 15 is 0 Å². The molecule has 17 heavy (non-hydrogen) atoms. The van der Waals surface area contributed by atoms with E-state index in [4.69, 9.17) is 0 Å². The number of halogens is 2. The molecule has 3 nitrogen and oxygen atoms in total. The Morgan fingerprint density at radius 1 is 0.824 bits per heavy atom. The van der Waals surface area contributed by atoms with Crippen LogP contribution in [-0.4, -0.2) is 4.87 Å². The number of rotatable bonds is 3. The third-order valence-corrected chi connectivity index (χ3v) is 3.19. The topological polar surface area (TPSA) is 32.1 Å². The van der Waals surface area contributed by atoms with Crippen LogP contribution < -0.4 is 5.43 Å². The van der Waals surface area contributed by atoms with Crippen molar-refractivity contribution in [2.75, 3.05) is 5.43 Å². The largest absolute Gasteiger partial charge is 0.292 e. The average Bonchev–Trinajstić information content (AvgIpc) is 2.33. The van der Waals surface area contributed by atoms with Crippen LogP contribution in [0.5, 0.6) is 0 Å². The smallest absolute Gasteiger partial charge is 0.114 e. The Bertz CT molecular complexity index is 523. The van der Waals surface area contributed by atoms with Gasteiger partial charge in [0.05, 0.1) is 4.91 Å². The maximum absolute atomic E-state index is 11.8. The number of nitrogens with one attached hydrogen (secondary N) is 1. The molecule has 0 heterocycles. The first-order valence-electron chi connectivity index (χ1n) is 4.90. The molecular weight excluding hydrogens is 348 g/mol. The van der Waals surface area contributed by atoms with Gasteiger partial charge in [0.1, 0.15) is 5.69 Å². The highest BCUT2D eigenvalue weighted by molar-refractivity contribution is 9.10. The molecule has 0 unspecified atom stereocenters. The Morgan fingerprint density at radius 3 is 1.82 bits per heavy atom. The van der Waals surface area contributed by atoms with Crippen LogP contribution in [0.15, 0.2) is 57.5 Å². The molecule has 0 aliphatic carbocycles. The van der Waals surface area contributed by atoms with E-state index in [9.17, 15) is 4.91 Å². The highest BCUT2D eigenvalue weighted by Crippen LogP contribution is 2.19. The second kappa shape index (κ2) is 5.42. The molecule has 0 aliphatic rings. The fourth-order valence-electron chi connectivity index (χ4n) is 1.28. The van der Waals surface area contributed by atoms with E-state index < -0.39 is 0 Å². The fraction of sp³-hybridized carbons (Fsp3) is 0. The van der Waals surface area contributed by atoms with E-state index in [2.05, 4.69) is 37.3 Å². The third kappa shape index (κ3) is 3.38. The second-order valence-corrected chi connectivity index (χ2v) is 5.22. The number of nitroso groups, excluding NO2 is 1. The first-order valence-corrected chi connectivity index (χ1v) is 6.49. The van der Waals surface area contributed by atoms with E-state index in [1.807, 2.05) is 36.4 Å². The van der Waals surface area contributed by atoms with Crippen molar-refractivity contribution in [3.8, 4) is 0 Å². The first-order chi connectivity index (χ1) is 8.15. The van der Waals surface area contributed by atoms with E-state index in [1.54, 1.807) is 12.1 Å². The van der Waals surface area contributed by atoms with Gasteiger partial charge in [-0.05, 0) is 36.4 Å². The average molecular weight is 357 g/mol. The van der Waals surface area contributed by atoms with Crippen LogP contribution in [-0.2, 0) is 0 Å². The van der Waals surface area contributed by atoms with Crippen molar-refractivity contribution in [1.82, 2.24) is 0 Å². The van der Waals surface area contributed by atoms with Crippen LogP contribution in [0.25, 0.3) is 0 Å². The Labute approximate surface area is 116 Å². The number of hydrazine groups is 1. The molecule has 0 aromatic heterocycles. The van der Waals surface area contributed by atoms with Gasteiger partial charge in [-0.15, -0.1) is 5.43 Å².